The van der Waals surface area contributed by atoms with Gasteiger partial charge in [-0.1, -0.05) is 30.2 Å². The summed E-state index contributed by atoms with van der Waals surface area (Å²) in [7, 11) is 0. The number of benzene rings is 2. The third kappa shape index (κ3) is 5.48. The zero-order valence-electron chi connectivity index (χ0n) is 17.2. The Balaban J connectivity index is 1.56. The summed E-state index contributed by atoms with van der Waals surface area (Å²) in [6, 6.07) is 8.42. The first kappa shape index (κ1) is 23.1. The summed E-state index contributed by atoms with van der Waals surface area (Å²) in [6.07, 6.45) is 4.91. The van der Waals surface area contributed by atoms with Crippen molar-refractivity contribution < 1.29 is 13.2 Å². The zero-order chi connectivity index (χ0) is 23.4. The van der Waals surface area contributed by atoms with E-state index in [1.165, 1.54) is 24.7 Å². The Morgan fingerprint density at radius 3 is 2.42 bits per heavy atom. The Kier molecular flexibility index (Phi) is 7.20. The summed E-state index contributed by atoms with van der Waals surface area (Å²) < 4.78 is 43.7. The molecule has 0 amide bonds. The summed E-state index contributed by atoms with van der Waals surface area (Å²) in [5.74, 6) is -0.892. The molecule has 0 saturated carbocycles. The molecule has 0 radical (unpaired) electrons. The summed E-state index contributed by atoms with van der Waals surface area (Å²) in [5.41, 5.74) is 0.700. The molecule has 0 bridgehead atoms. The van der Waals surface area contributed by atoms with Crippen molar-refractivity contribution in [1.82, 2.24) is 24.7 Å². The van der Waals surface area contributed by atoms with E-state index < -0.39 is 11.6 Å². The van der Waals surface area contributed by atoms with E-state index in [0.29, 0.717) is 11.7 Å². The van der Waals surface area contributed by atoms with Gasteiger partial charge in [-0.2, -0.15) is 4.98 Å². The molecule has 6 nitrogen and oxygen atoms in total. The summed E-state index contributed by atoms with van der Waals surface area (Å²) >= 11 is 11.5. The van der Waals surface area contributed by atoms with Crippen LogP contribution in [0.2, 0.25) is 5.15 Å². The Bertz CT molecular complexity index is 1200. The number of nitrogens with zero attached hydrogens (tertiary/aromatic N) is 4. The largest absolute Gasteiger partial charge is 0.323 e. The average molecular weight is 495 g/mol. The SMILES string of the molecule is Fc1ccc(C(CCCCCl)c2nc(Nc3cc(F)c(-n4cnc(Cl)c4)c(F)c3)n[nH]2)cc1. The van der Waals surface area contributed by atoms with Crippen LogP contribution in [0, 0.1) is 17.5 Å². The number of H-pyrrole nitrogens is 1. The number of imidazole rings is 1. The molecule has 4 rings (SSSR count). The maximum absolute atomic E-state index is 14.6. The maximum atomic E-state index is 14.6. The van der Waals surface area contributed by atoms with Crippen molar-refractivity contribution in [2.24, 2.45) is 0 Å². The molecule has 0 aliphatic carbocycles. The van der Waals surface area contributed by atoms with Crippen LogP contribution in [0.15, 0.2) is 48.9 Å². The smallest absolute Gasteiger partial charge is 0.246 e. The van der Waals surface area contributed by atoms with Gasteiger partial charge in [0.25, 0.3) is 0 Å². The standard InChI is InChI=1S/C22H19Cl2F3N6/c23-8-2-1-3-16(13-4-6-14(25)7-5-13)21-30-22(32-31-21)29-15-9-17(26)20(18(27)10-15)33-11-19(24)28-12-33/h4-7,9-12,16H,1-3,8H2,(H2,29,30,31,32). The van der Waals surface area contributed by atoms with Gasteiger partial charge < -0.3 is 5.32 Å². The highest BCUT2D eigenvalue weighted by molar-refractivity contribution is 6.29. The van der Waals surface area contributed by atoms with Crippen LogP contribution in [0.1, 0.15) is 36.6 Å². The second kappa shape index (κ2) is 10.3. The van der Waals surface area contributed by atoms with E-state index in [9.17, 15) is 13.2 Å². The van der Waals surface area contributed by atoms with Gasteiger partial charge in [0, 0.05) is 23.7 Å². The number of halogens is 5. The molecule has 2 aromatic carbocycles. The molecular formula is C22H19Cl2F3N6. The predicted molar refractivity (Wildman–Crippen MR) is 121 cm³/mol. The van der Waals surface area contributed by atoms with Crippen molar-refractivity contribution >= 4 is 34.8 Å². The van der Waals surface area contributed by atoms with Gasteiger partial charge in [-0.05, 0) is 42.7 Å². The lowest BCUT2D eigenvalue weighted by Gasteiger charge is -2.14. The highest BCUT2D eigenvalue weighted by Crippen LogP contribution is 2.29. The van der Waals surface area contributed by atoms with E-state index in [4.69, 9.17) is 23.2 Å². The molecule has 0 saturated heterocycles. The van der Waals surface area contributed by atoms with Crippen LogP contribution in [-0.4, -0.2) is 30.6 Å². The molecule has 2 N–H and O–H groups in total. The lowest BCUT2D eigenvalue weighted by Crippen LogP contribution is -2.05. The fraction of sp³-hybridized carbons (Fsp3) is 0.227. The highest BCUT2D eigenvalue weighted by atomic mass is 35.5. The third-order valence-corrected chi connectivity index (χ3v) is 5.53. The predicted octanol–water partition coefficient (Wildman–Crippen LogP) is 6.35. The van der Waals surface area contributed by atoms with E-state index >= 15 is 0 Å². The van der Waals surface area contributed by atoms with Crippen molar-refractivity contribution in [2.75, 3.05) is 11.2 Å². The van der Waals surface area contributed by atoms with Crippen molar-refractivity contribution in [2.45, 2.75) is 25.2 Å². The van der Waals surface area contributed by atoms with Crippen LogP contribution in [0.5, 0.6) is 0 Å². The molecule has 172 valence electrons. The van der Waals surface area contributed by atoms with E-state index in [1.54, 1.807) is 12.1 Å². The van der Waals surface area contributed by atoms with Gasteiger partial charge in [-0.3, -0.25) is 9.67 Å². The van der Waals surface area contributed by atoms with Crippen LogP contribution in [0.3, 0.4) is 0 Å². The average Bonchev–Trinajstić information content (AvgIpc) is 3.41. The Labute approximate surface area is 197 Å². The molecule has 11 heteroatoms. The lowest BCUT2D eigenvalue weighted by atomic mass is 9.93. The molecule has 2 heterocycles. The molecule has 2 aromatic heterocycles. The highest BCUT2D eigenvalue weighted by Gasteiger charge is 2.20. The number of nitrogens with one attached hydrogen (secondary N) is 2. The number of aromatic amines is 1. The number of hydrogen-bond acceptors (Lipinski definition) is 4. The zero-order valence-corrected chi connectivity index (χ0v) is 18.7. The first-order chi connectivity index (χ1) is 15.9. The number of alkyl halides is 1. The number of unbranched alkanes of at least 4 members (excludes halogenated alkanes) is 1. The number of rotatable bonds is 9. The third-order valence-electron chi connectivity index (χ3n) is 5.06. The molecule has 0 fully saturated rings. The van der Waals surface area contributed by atoms with Crippen LogP contribution < -0.4 is 5.32 Å². The number of anilines is 2. The molecular weight excluding hydrogens is 476 g/mol. The van der Waals surface area contributed by atoms with Gasteiger partial charge >= 0.3 is 0 Å². The Morgan fingerprint density at radius 2 is 1.79 bits per heavy atom. The van der Waals surface area contributed by atoms with Gasteiger partial charge in [0.15, 0.2) is 11.6 Å². The van der Waals surface area contributed by atoms with Gasteiger partial charge in [-0.15, -0.1) is 16.7 Å². The fourth-order valence-corrected chi connectivity index (χ4v) is 3.86. The minimum absolute atomic E-state index is 0.117. The maximum Gasteiger partial charge on any atom is 0.246 e. The number of aromatic nitrogens is 5. The minimum atomic E-state index is -0.812. The monoisotopic (exact) mass is 494 g/mol. The quantitative estimate of drug-likeness (QED) is 0.210. The van der Waals surface area contributed by atoms with Crippen LogP contribution in [0.4, 0.5) is 24.8 Å². The van der Waals surface area contributed by atoms with Crippen molar-refractivity contribution in [3.8, 4) is 5.69 Å². The molecule has 0 spiro atoms. The molecule has 0 aliphatic rings. The van der Waals surface area contributed by atoms with Crippen LogP contribution in [0.25, 0.3) is 5.69 Å². The van der Waals surface area contributed by atoms with Gasteiger partial charge in [0.2, 0.25) is 5.95 Å². The second-order valence-corrected chi connectivity index (χ2v) is 8.12. The molecule has 1 unspecified atom stereocenters. The molecule has 4 aromatic rings. The lowest BCUT2D eigenvalue weighted by molar-refractivity contribution is 0.570. The van der Waals surface area contributed by atoms with Gasteiger partial charge in [0.1, 0.15) is 28.8 Å². The van der Waals surface area contributed by atoms with E-state index in [0.717, 1.165) is 41.5 Å². The topological polar surface area (TPSA) is 71.4 Å². The molecule has 33 heavy (non-hydrogen) atoms. The van der Waals surface area contributed by atoms with Crippen molar-refractivity contribution in [1.29, 1.82) is 0 Å². The van der Waals surface area contributed by atoms with E-state index in [-0.39, 0.29) is 34.2 Å². The number of hydrogen-bond donors (Lipinski definition) is 2. The minimum Gasteiger partial charge on any atom is -0.323 e. The van der Waals surface area contributed by atoms with Gasteiger partial charge in [-0.25, -0.2) is 18.2 Å². The van der Waals surface area contributed by atoms with E-state index in [1.807, 2.05) is 0 Å². The van der Waals surface area contributed by atoms with E-state index in [2.05, 4.69) is 25.5 Å². The molecule has 1 atom stereocenters. The summed E-state index contributed by atoms with van der Waals surface area (Å²) in [6.45, 7) is 0. The Hall–Kier alpha value is -3.04. The normalized spacial score (nSPS) is 12.2. The van der Waals surface area contributed by atoms with Crippen LogP contribution >= 0.6 is 23.2 Å². The first-order valence-electron chi connectivity index (χ1n) is 10.1. The van der Waals surface area contributed by atoms with Crippen LogP contribution in [-0.2, 0) is 0 Å². The summed E-state index contributed by atoms with van der Waals surface area (Å²) in [5, 5.41) is 9.92. The second-order valence-electron chi connectivity index (χ2n) is 7.35. The summed E-state index contributed by atoms with van der Waals surface area (Å²) in [4.78, 5) is 8.21. The fourth-order valence-electron chi connectivity index (χ4n) is 3.52. The van der Waals surface area contributed by atoms with Gasteiger partial charge in [0.05, 0.1) is 0 Å². The first-order valence-corrected chi connectivity index (χ1v) is 11.1. The molecule has 0 aliphatic heterocycles. The Morgan fingerprint density at radius 1 is 1.06 bits per heavy atom. The van der Waals surface area contributed by atoms with Crippen molar-refractivity contribution in [3.63, 3.8) is 0 Å². The van der Waals surface area contributed by atoms with Crippen molar-refractivity contribution in [3.05, 3.63) is 82.9 Å².